The monoisotopic (exact) mass is 307 g/mol. The summed E-state index contributed by atoms with van der Waals surface area (Å²) in [5, 5.41) is 5.87. The first-order valence-corrected chi connectivity index (χ1v) is 7.41. The van der Waals surface area contributed by atoms with Gasteiger partial charge in [-0.1, -0.05) is 18.2 Å². The highest BCUT2D eigenvalue weighted by Gasteiger charge is 2.11. The largest absolute Gasteiger partial charge is 0.383 e. The molecule has 1 aromatic carbocycles. The van der Waals surface area contributed by atoms with Gasteiger partial charge in [0.2, 0.25) is 11.8 Å². The maximum atomic E-state index is 11.9. The Kier molecular flexibility index (Phi) is 8.17. The molecular weight excluding hydrogens is 282 g/mol. The number of nitrogens with zero attached hydrogens (tertiary/aromatic N) is 1. The summed E-state index contributed by atoms with van der Waals surface area (Å²) in [7, 11) is 1.62. The van der Waals surface area contributed by atoms with Crippen molar-refractivity contribution in [3.8, 4) is 0 Å². The van der Waals surface area contributed by atoms with Gasteiger partial charge in [-0.15, -0.1) is 0 Å². The second-order valence-corrected chi connectivity index (χ2v) is 4.91. The van der Waals surface area contributed by atoms with Crippen LogP contribution in [0.1, 0.15) is 19.4 Å². The molecule has 0 spiro atoms. The van der Waals surface area contributed by atoms with Gasteiger partial charge in [-0.05, 0) is 18.6 Å². The van der Waals surface area contributed by atoms with Crippen molar-refractivity contribution in [1.29, 1.82) is 0 Å². The topological polar surface area (TPSA) is 70.7 Å². The Balaban J connectivity index is 2.63. The van der Waals surface area contributed by atoms with Gasteiger partial charge >= 0.3 is 0 Å². The lowest BCUT2D eigenvalue weighted by Crippen LogP contribution is -2.31. The van der Waals surface area contributed by atoms with Crippen LogP contribution in [0.25, 0.3) is 0 Å². The third kappa shape index (κ3) is 6.24. The quantitative estimate of drug-likeness (QED) is 0.673. The van der Waals surface area contributed by atoms with Crippen LogP contribution in [-0.2, 0) is 20.9 Å². The minimum atomic E-state index is -0.116. The maximum Gasteiger partial charge on any atom is 0.238 e. The molecule has 122 valence electrons. The number of anilines is 1. The third-order valence-corrected chi connectivity index (χ3v) is 3.25. The zero-order chi connectivity index (χ0) is 16.4. The normalized spacial score (nSPS) is 10.3. The van der Waals surface area contributed by atoms with Gasteiger partial charge in [0.15, 0.2) is 0 Å². The van der Waals surface area contributed by atoms with Gasteiger partial charge in [0, 0.05) is 39.4 Å². The van der Waals surface area contributed by atoms with E-state index in [2.05, 4.69) is 10.6 Å². The van der Waals surface area contributed by atoms with Crippen molar-refractivity contribution < 1.29 is 14.3 Å². The van der Waals surface area contributed by atoms with Gasteiger partial charge in [-0.2, -0.15) is 0 Å². The van der Waals surface area contributed by atoms with Crippen LogP contribution >= 0.6 is 0 Å². The Labute approximate surface area is 131 Å². The molecule has 2 amide bonds. The SMILES string of the molecule is CCN(Cc1ccccc1NC(=O)CNCCOC)C(C)=O. The second kappa shape index (κ2) is 9.92. The molecule has 0 saturated heterocycles. The Bertz CT molecular complexity index is 491. The Morgan fingerprint density at radius 1 is 1.27 bits per heavy atom. The standard InChI is InChI=1S/C16H25N3O3/c1-4-19(13(2)20)12-14-7-5-6-8-15(14)18-16(21)11-17-9-10-22-3/h5-8,17H,4,9-12H2,1-3H3,(H,18,21). The number of para-hydroxylation sites is 1. The van der Waals surface area contributed by atoms with E-state index in [4.69, 9.17) is 4.74 Å². The molecule has 1 aromatic rings. The highest BCUT2D eigenvalue weighted by Crippen LogP contribution is 2.17. The molecule has 2 N–H and O–H groups in total. The number of nitrogens with one attached hydrogen (secondary N) is 2. The summed E-state index contributed by atoms with van der Waals surface area (Å²) in [5.74, 6) is -0.0979. The first kappa shape index (κ1) is 18.1. The van der Waals surface area contributed by atoms with Crippen molar-refractivity contribution in [3.05, 3.63) is 29.8 Å². The molecule has 0 aliphatic heterocycles. The average Bonchev–Trinajstić information content (AvgIpc) is 2.50. The molecule has 0 unspecified atom stereocenters. The second-order valence-electron chi connectivity index (χ2n) is 4.91. The van der Waals surface area contributed by atoms with Gasteiger partial charge in [0.25, 0.3) is 0 Å². The van der Waals surface area contributed by atoms with Gasteiger partial charge in [0.05, 0.1) is 13.2 Å². The van der Waals surface area contributed by atoms with Gasteiger partial charge in [-0.3, -0.25) is 9.59 Å². The first-order valence-electron chi connectivity index (χ1n) is 7.41. The van der Waals surface area contributed by atoms with E-state index in [9.17, 15) is 9.59 Å². The average molecular weight is 307 g/mol. The Morgan fingerprint density at radius 3 is 2.64 bits per heavy atom. The van der Waals surface area contributed by atoms with Gasteiger partial charge < -0.3 is 20.3 Å². The molecular formula is C16H25N3O3. The van der Waals surface area contributed by atoms with Crippen LogP contribution in [0.3, 0.4) is 0 Å². The van der Waals surface area contributed by atoms with E-state index in [1.54, 1.807) is 18.9 Å². The predicted octanol–water partition coefficient (Wildman–Crippen LogP) is 1.23. The molecule has 1 rings (SSSR count). The van der Waals surface area contributed by atoms with Crippen molar-refractivity contribution in [2.24, 2.45) is 0 Å². The van der Waals surface area contributed by atoms with Crippen molar-refractivity contribution in [2.45, 2.75) is 20.4 Å². The molecule has 0 aromatic heterocycles. The van der Waals surface area contributed by atoms with Crippen LogP contribution in [0.15, 0.2) is 24.3 Å². The molecule has 0 aliphatic carbocycles. The summed E-state index contributed by atoms with van der Waals surface area (Å²) in [4.78, 5) is 25.2. The zero-order valence-corrected chi connectivity index (χ0v) is 13.5. The number of rotatable bonds is 9. The number of amides is 2. The van der Waals surface area contributed by atoms with E-state index in [0.717, 1.165) is 11.3 Å². The molecule has 0 radical (unpaired) electrons. The van der Waals surface area contributed by atoms with Crippen LogP contribution < -0.4 is 10.6 Å². The summed E-state index contributed by atoms with van der Waals surface area (Å²) in [6.07, 6.45) is 0. The van der Waals surface area contributed by atoms with E-state index < -0.39 is 0 Å². The molecule has 22 heavy (non-hydrogen) atoms. The lowest BCUT2D eigenvalue weighted by atomic mass is 10.1. The highest BCUT2D eigenvalue weighted by molar-refractivity contribution is 5.93. The van der Waals surface area contributed by atoms with Crippen molar-refractivity contribution in [1.82, 2.24) is 10.2 Å². The van der Waals surface area contributed by atoms with Crippen molar-refractivity contribution >= 4 is 17.5 Å². The summed E-state index contributed by atoms with van der Waals surface area (Å²) in [5.41, 5.74) is 1.66. The van der Waals surface area contributed by atoms with Crippen LogP contribution in [0, 0.1) is 0 Å². The van der Waals surface area contributed by atoms with Gasteiger partial charge in [0.1, 0.15) is 0 Å². The molecule has 0 bridgehead atoms. The number of hydrogen-bond acceptors (Lipinski definition) is 4. The molecule has 0 fully saturated rings. The van der Waals surface area contributed by atoms with Crippen molar-refractivity contribution in [2.75, 3.05) is 38.7 Å². The Morgan fingerprint density at radius 2 is 2.00 bits per heavy atom. The lowest BCUT2D eigenvalue weighted by Gasteiger charge is -2.21. The number of benzene rings is 1. The maximum absolute atomic E-state index is 11.9. The number of hydrogen-bond donors (Lipinski definition) is 2. The van der Waals surface area contributed by atoms with Gasteiger partial charge in [-0.25, -0.2) is 0 Å². The molecule has 0 heterocycles. The third-order valence-electron chi connectivity index (χ3n) is 3.25. The fraction of sp³-hybridized carbons (Fsp3) is 0.500. The number of carbonyl (C=O) groups is 2. The van der Waals surface area contributed by atoms with Crippen LogP contribution in [0.4, 0.5) is 5.69 Å². The smallest absolute Gasteiger partial charge is 0.238 e. The Hall–Kier alpha value is -1.92. The molecule has 0 saturated carbocycles. The molecule has 6 nitrogen and oxygen atoms in total. The van der Waals surface area contributed by atoms with Crippen LogP contribution in [0.2, 0.25) is 0 Å². The minimum absolute atomic E-state index is 0.0184. The predicted molar refractivity (Wildman–Crippen MR) is 86.6 cm³/mol. The molecule has 6 heteroatoms. The van der Waals surface area contributed by atoms with E-state index in [1.165, 1.54) is 0 Å². The van der Waals surface area contributed by atoms with Crippen LogP contribution in [-0.4, -0.2) is 50.1 Å². The number of carbonyl (C=O) groups excluding carboxylic acids is 2. The fourth-order valence-electron chi connectivity index (χ4n) is 2.00. The highest BCUT2D eigenvalue weighted by atomic mass is 16.5. The van der Waals surface area contributed by atoms with E-state index in [-0.39, 0.29) is 18.4 Å². The minimum Gasteiger partial charge on any atom is -0.383 e. The number of ether oxygens (including phenoxy) is 1. The first-order chi connectivity index (χ1) is 10.6. The summed E-state index contributed by atoms with van der Waals surface area (Å²) < 4.78 is 4.91. The lowest BCUT2D eigenvalue weighted by molar-refractivity contribution is -0.129. The number of methoxy groups -OCH3 is 1. The fourth-order valence-corrected chi connectivity index (χ4v) is 2.00. The summed E-state index contributed by atoms with van der Waals surface area (Å²) >= 11 is 0. The van der Waals surface area contributed by atoms with E-state index in [1.807, 2.05) is 31.2 Å². The van der Waals surface area contributed by atoms with Crippen LogP contribution in [0.5, 0.6) is 0 Å². The van der Waals surface area contributed by atoms with Crippen molar-refractivity contribution in [3.63, 3.8) is 0 Å². The van der Waals surface area contributed by atoms with E-state index >= 15 is 0 Å². The molecule has 0 atom stereocenters. The van der Waals surface area contributed by atoms with E-state index in [0.29, 0.717) is 26.2 Å². The summed E-state index contributed by atoms with van der Waals surface area (Å²) in [6.45, 7) is 6.01. The summed E-state index contributed by atoms with van der Waals surface area (Å²) in [6, 6.07) is 7.52. The molecule has 0 aliphatic rings. The zero-order valence-electron chi connectivity index (χ0n) is 13.5.